The van der Waals surface area contributed by atoms with Crippen molar-refractivity contribution in [3.63, 3.8) is 0 Å². The largest absolute Gasteiger partial charge is 0.463 e. The van der Waals surface area contributed by atoms with E-state index in [9.17, 15) is 14.4 Å². The van der Waals surface area contributed by atoms with Gasteiger partial charge in [-0.05, 0) is 22.3 Å². The number of nitrogens with one attached hydrogen (secondary N) is 1. The lowest BCUT2D eigenvalue weighted by Gasteiger charge is -2.40. The standard InChI is InChI=1S/C41H47NO9/c1-30(43)42-39(37(29-47-31(2)44)48-25-34-18-10-5-11-19-34)41(51-32(3)45)40(50-27-36-22-14-7-15-23-36)38(49-26-35-20-12-6-13-21-35)28-46-24-33-16-8-4-9-17-33/h4-23,37-41H,24-29H2,1-3H3,(H,42,43)/t37-,38+,39+,40+,41+/m0/s1. The Bertz CT molecular complexity index is 1590. The minimum absolute atomic E-state index is 0.0469. The van der Waals surface area contributed by atoms with Crippen molar-refractivity contribution < 1.29 is 42.8 Å². The SMILES string of the molecule is CC(=O)N[C@@H]([C@@H](OC(C)=O)[C@H](OCc1ccccc1)[C@@H](COCc1ccccc1)OCc1ccccc1)[C@H](COC(C)=O)OCc1ccccc1. The molecule has 0 aliphatic heterocycles. The second kappa shape index (κ2) is 21.4. The Morgan fingerprint density at radius 3 is 1.37 bits per heavy atom. The first-order valence-corrected chi connectivity index (χ1v) is 16.9. The average molecular weight is 698 g/mol. The fourth-order valence-electron chi connectivity index (χ4n) is 5.45. The Hall–Kier alpha value is -4.87. The Labute approximate surface area is 300 Å². The summed E-state index contributed by atoms with van der Waals surface area (Å²) in [7, 11) is 0. The first-order valence-electron chi connectivity index (χ1n) is 16.9. The highest BCUT2D eigenvalue weighted by molar-refractivity contribution is 5.73. The van der Waals surface area contributed by atoms with E-state index < -0.39 is 48.3 Å². The molecule has 270 valence electrons. The van der Waals surface area contributed by atoms with Gasteiger partial charge in [-0.1, -0.05) is 121 Å². The first-order chi connectivity index (χ1) is 24.8. The number of ether oxygens (including phenoxy) is 6. The molecule has 4 aromatic carbocycles. The molecule has 10 nitrogen and oxygen atoms in total. The van der Waals surface area contributed by atoms with Crippen LogP contribution in [0.1, 0.15) is 43.0 Å². The summed E-state index contributed by atoms with van der Waals surface area (Å²) in [6.45, 7) is 4.47. The van der Waals surface area contributed by atoms with Gasteiger partial charge in [-0.25, -0.2) is 0 Å². The monoisotopic (exact) mass is 697 g/mol. The van der Waals surface area contributed by atoms with E-state index in [2.05, 4.69) is 5.32 Å². The van der Waals surface area contributed by atoms with Gasteiger partial charge in [0.2, 0.25) is 5.91 Å². The van der Waals surface area contributed by atoms with Gasteiger partial charge in [0.1, 0.15) is 24.9 Å². The van der Waals surface area contributed by atoms with Crippen LogP contribution in [0, 0.1) is 0 Å². The number of benzene rings is 4. The molecule has 1 amide bonds. The molecule has 0 spiro atoms. The van der Waals surface area contributed by atoms with E-state index in [-0.39, 0.29) is 33.0 Å². The average Bonchev–Trinajstić information content (AvgIpc) is 3.13. The number of hydrogen-bond donors (Lipinski definition) is 1. The van der Waals surface area contributed by atoms with Crippen molar-refractivity contribution in [2.24, 2.45) is 0 Å². The predicted octanol–water partition coefficient (Wildman–Crippen LogP) is 5.96. The zero-order valence-electron chi connectivity index (χ0n) is 29.4. The van der Waals surface area contributed by atoms with Crippen LogP contribution in [0.3, 0.4) is 0 Å². The fourth-order valence-corrected chi connectivity index (χ4v) is 5.45. The van der Waals surface area contributed by atoms with Gasteiger partial charge in [-0.3, -0.25) is 14.4 Å². The van der Waals surface area contributed by atoms with Gasteiger partial charge in [-0.15, -0.1) is 0 Å². The quantitative estimate of drug-likeness (QED) is 0.105. The van der Waals surface area contributed by atoms with Crippen LogP contribution in [0.25, 0.3) is 0 Å². The summed E-state index contributed by atoms with van der Waals surface area (Å²) < 4.78 is 37.3. The molecule has 0 fully saturated rings. The van der Waals surface area contributed by atoms with Gasteiger partial charge in [-0.2, -0.15) is 0 Å². The number of carbonyl (C=O) groups excluding carboxylic acids is 3. The lowest BCUT2D eigenvalue weighted by molar-refractivity contribution is -0.193. The van der Waals surface area contributed by atoms with E-state index in [1.807, 2.05) is 121 Å². The molecule has 5 atom stereocenters. The van der Waals surface area contributed by atoms with Gasteiger partial charge in [0, 0.05) is 20.8 Å². The normalized spacial score (nSPS) is 14.0. The van der Waals surface area contributed by atoms with E-state index >= 15 is 0 Å². The van der Waals surface area contributed by atoms with E-state index in [1.54, 1.807) is 0 Å². The first kappa shape index (κ1) is 38.9. The summed E-state index contributed by atoms with van der Waals surface area (Å²) in [4.78, 5) is 37.8. The zero-order valence-corrected chi connectivity index (χ0v) is 29.4. The Morgan fingerprint density at radius 2 is 0.941 bits per heavy atom. The Kier molecular flexibility index (Phi) is 16.3. The number of carbonyl (C=O) groups is 3. The molecule has 51 heavy (non-hydrogen) atoms. The molecule has 0 aromatic heterocycles. The summed E-state index contributed by atoms with van der Waals surface area (Å²) in [5.41, 5.74) is 3.59. The third kappa shape index (κ3) is 14.1. The molecule has 0 heterocycles. The molecule has 0 radical (unpaired) electrons. The van der Waals surface area contributed by atoms with Crippen molar-refractivity contribution in [2.75, 3.05) is 13.2 Å². The minimum atomic E-state index is -1.19. The second-order valence-corrected chi connectivity index (χ2v) is 12.0. The molecule has 0 aliphatic rings. The van der Waals surface area contributed by atoms with Crippen molar-refractivity contribution >= 4 is 17.8 Å². The second-order valence-electron chi connectivity index (χ2n) is 12.0. The van der Waals surface area contributed by atoms with Crippen LogP contribution < -0.4 is 5.32 Å². The van der Waals surface area contributed by atoms with Crippen LogP contribution in [-0.2, 0) is 69.2 Å². The predicted molar refractivity (Wildman–Crippen MR) is 191 cm³/mol. The van der Waals surface area contributed by atoms with Crippen molar-refractivity contribution in [2.45, 2.75) is 77.7 Å². The smallest absolute Gasteiger partial charge is 0.303 e. The maximum absolute atomic E-state index is 12.9. The van der Waals surface area contributed by atoms with Crippen molar-refractivity contribution in [1.29, 1.82) is 0 Å². The van der Waals surface area contributed by atoms with E-state index in [1.165, 1.54) is 20.8 Å². The molecule has 10 heteroatoms. The number of esters is 2. The molecule has 0 bridgehead atoms. The lowest BCUT2D eigenvalue weighted by Crippen LogP contribution is -2.61. The molecule has 4 rings (SSSR count). The summed E-state index contributed by atoms with van der Waals surface area (Å²) >= 11 is 0. The van der Waals surface area contributed by atoms with E-state index in [4.69, 9.17) is 28.4 Å². The molecule has 0 saturated heterocycles. The van der Waals surface area contributed by atoms with Gasteiger partial charge in [0.25, 0.3) is 0 Å². The van der Waals surface area contributed by atoms with Crippen LogP contribution in [0.5, 0.6) is 0 Å². The van der Waals surface area contributed by atoms with Crippen LogP contribution in [0.15, 0.2) is 121 Å². The summed E-state index contributed by atoms with van der Waals surface area (Å²) in [5.74, 6) is -1.58. The van der Waals surface area contributed by atoms with Crippen molar-refractivity contribution in [3.05, 3.63) is 144 Å². The third-order valence-electron chi connectivity index (χ3n) is 7.86. The topological polar surface area (TPSA) is 119 Å². The van der Waals surface area contributed by atoms with Crippen LogP contribution in [0.4, 0.5) is 0 Å². The van der Waals surface area contributed by atoms with Crippen molar-refractivity contribution in [1.82, 2.24) is 5.32 Å². The Morgan fingerprint density at radius 1 is 0.510 bits per heavy atom. The molecular weight excluding hydrogens is 650 g/mol. The van der Waals surface area contributed by atoms with Crippen molar-refractivity contribution in [3.8, 4) is 0 Å². The third-order valence-corrected chi connectivity index (χ3v) is 7.86. The highest BCUT2D eigenvalue weighted by Crippen LogP contribution is 2.24. The van der Waals surface area contributed by atoms with E-state index in [0.717, 1.165) is 22.3 Å². The van der Waals surface area contributed by atoms with Gasteiger partial charge >= 0.3 is 11.9 Å². The summed E-state index contributed by atoms with van der Waals surface area (Å²) in [6, 6.07) is 37.3. The van der Waals surface area contributed by atoms with E-state index in [0.29, 0.717) is 6.61 Å². The molecule has 4 aromatic rings. The highest BCUT2D eigenvalue weighted by atomic mass is 16.6. The van der Waals surface area contributed by atoms with Gasteiger partial charge < -0.3 is 33.7 Å². The molecular formula is C41H47NO9. The number of rotatable bonds is 21. The van der Waals surface area contributed by atoms with Gasteiger partial charge in [0.05, 0.1) is 39.1 Å². The maximum Gasteiger partial charge on any atom is 0.303 e. The summed E-state index contributed by atoms with van der Waals surface area (Å²) in [5, 5.41) is 2.93. The summed E-state index contributed by atoms with van der Waals surface area (Å²) in [6.07, 6.45) is -3.98. The Balaban J connectivity index is 1.75. The maximum atomic E-state index is 12.9. The molecule has 0 aliphatic carbocycles. The number of hydrogen-bond acceptors (Lipinski definition) is 9. The number of amides is 1. The molecule has 0 unspecified atom stereocenters. The highest BCUT2D eigenvalue weighted by Gasteiger charge is 2.44. The van der Waals surface area contributed by atoms with Crippen LogP contribution in [-0.4, -0.2) is 61.5 Å². The minimum Gasteiger partial charge on any atom is -0.463 e. The van der Waals surface area contributed by atoms with Crippen LogP contribution >= 0.6 is 0 Å². The lowest BCUT2D eigenvalue weighted by atomic mass is 9.95. The zero-order chi connectivity index (χ0) is 36.3. The van der Waals surface area contributed by atoms with Crippen LogP contribution in [0.2, 0.25) is 0 Å². The molecule has 1 N–H and O–H groups in total. The fraction of sp³-hybridized carbons (Fsp3) is 0.341. The van der Waals surface area contributed by atoms with Gasteiger partial charge in [0.15, 0.2) is 6.10 Å². The molecule has 0 saturated carbocycles.